The van der Waals surface area contributed by atoms with E-state index in [9.17, 15) is 4.79 Å². The third kappa shape index (κ3) is 1.69. The Morgan fingerprint density at radius 2 is 2.06 bits per heavy atom. The average Bonchev–Trinajstić information content (AvgIpc) is 2.54. The fraction of sp³-hybridized carbons (Fsp3) is 0.167. The van der Waals surface area contributed by atoms with Crippen LogP contribution in [0.5, 0.6) is 0 Å². The summed E-state index contributed by atoms with van der Waals surface area (Å²) in [5.41, 5.74) is 3.60. The number of carbonyl (C=O) groups is 1. The van der Waals surface area contributed by atoms with E-state index in [1.807, 2.05) is 38.2 Å². The van der Waals surface area contributed by atoms with Gasteiger partial charge in [0, 0.05) is 12.6 Å². The minimum absolute atomic E-state index is 0.586. The average molecular weight is 279 g/mol. The number of aromatic nitrogens is 2. The molecule has 1 heterocycles. The number of aldehydes is 1. The molecule has 16 heavy (non-hydrogen) atoms. The molecule has 0 spiro atoms. The highest BCUT2D eigenvalue weighted by molar-refractivity contribution is 9.10. The van der Waals surface area contributed by atoms with Crippen molar-refractivity contribution in [2.45, 2.75) is 6.92 Å². The van der Waals surface area contributed by atoms with E-state index < -0.39 is 0 Å². The Kier molecular flexibility index (Phi) is 2.92. The Morgan fingerprint density at radius 3 is 2.69 bits per heavy atom. The Balaban J connectivity index is 2.73. The Bertz CT molecular complexity index is 546. The molecule has 0 amide bonds. The fourth-order valence-electron chi connectivity index (χ4n) is 1.77. The van der Waals surface area contributed by atoms with Gasteiger partial charge in [0.1, 0.15) is 4.60 Å². The van der Waals surface area contributed by atoms with E-state index in [0.29, 0.717) is 10.2 Å². The largest absolute Gasteiger partial charge is 0.298 e. The second-order valence-corrected chi connectivity index (χ2v) is 4.36. The van der Waals surface area contributed by atoms with Crippen molar-refractivity contribution in [2.24, 2.45) is 7.05 Å². The number of nitrogens with zero attached hydrogens (tertiary/aromatic N) is 2. The number of halogens is 1. The number of aryl methyl sites for hydroxylation is 2. The molecule has 2 rings (SSSR count). The molecule has 0 N–H and O–H groups in total. The molecule has 0 unspecified atom stereocenters. The van der Waals surface area contributed by atoms with Crippen LogP contribution in [-0.4, -0.2) is 16.1 Å². The van der Waals surface area contributed by atoms with Crippen LogP contribution < -0.4 is 0 Å². The predicted molar refractivity (Wildman–Crippen MR) is 66.5 cm³/mol. The number of hydrogen-bond donors (Lipinski definition) is 0. The van der Waals surface area contributed by atoms with E-state index in [2.05, 4.69) is 21.0 Å². The first-order chi connectivity index (χ1) is 7.65. The second kappa shape index (κ2) is 4.22. The Hall–Kier alpha value is -1.42. The van der Waals surface area contributed by atoms with Crippen molar-refractivity contribution >= 4 is 22.2 Å². The van der Waals surface area contributed by atoms with Crippen LogP contribution in [0.4, 0.5) is 0 Å². The fourth-order valence-corrected chi connectivity index (χ4v) is 2.29. The van der Waals surface area contributed by atoms with Gasteiger partial charge in [-0.15, -0.1) is 0 Å². The summed E-state index contributed by atoms with van der Waals surface area (Å²) in [7, 11) is 1.83. The summed E-state index contributed by atoms with van der Waals surface area (Å²) in [5.74, 6) is 0. The van der Waals surface area contributed by atoms with Crippen LogP contribution in [0, 0.1) is 6.92 Å². The lowest BCUT2D eigenvalue weighted by molar-refractivity contribution is 0.112. The van der Waals surface area contributed by atoms with Crippen LogP contribution in [-0.2, 0) is 7.05 Å². The number of benzene rings is 1. The van der Waals surface area contributed by atoms with E-state index in [-0.39, 0.29) is 0 Å². The van der Waals surface area contributed by atoms with Crippen LogP contribution in [0.1, 0.15) is 15.9 Å². The lowest BCUT2D eigenvalue weighted by Gasteiger charge is -2.06. The van der Waals surface area contributed by atoms with Gasteiger partial charge in [-0.25, -0.2) is 0 Å². The molecular weight excluding hydrogens is 268 g/mol. The van der Waals surface area contributed by atoms with Gasteiger partial charge in [0.05, 0.1) is 11.3 Å². The molecule has 0 atom stereocenters. The van der Waals surface area contributed by atoms with Crippen LogP contribution >= 0.6 is 15.9 Å². The molecule has 0 aliphatic carbocycles. The summed E-state index contributed by atoms with van der Waals surface area (Å²) in [6, 6.07) is 7.94. The quantitative estimate of drug-likeness (QED) is 0.792. The zero-order valence-electron chi connectivity index (χ0n) is 9.07. The number of rotatable bonds is 2. The van der Waals surface area contributed by atoms with Crippen molar-refractivity contribution < 1.29 is 4.79 Å². The third-order valence-corrected chi connectivity index (χ3v) is 3.14. The third-order valence-electron chi connectivity index (χ3n) is 2.56. The summed E-state index contributed by atoms with van der Waals surface area (Å²) in [4.78, 5) is 11.1. The normalized spacial score (nSPS) is 10.4. The second-order valence-electron chi connectivity index (χ2n) is 3.61. The van der Waals surface area contributed by atoms with Gasteiger partial charge in [0.15, 0.2) is 6.29 Å². The van der Waals surface area contributed by atoms with Crippen molar-refractivity contribution in [2.75, 3.05) is 0 Å². The van der Waals surface area contributed by atoms with Crippen molar-refractivity contribution in [1.29, 1.82) is 0 Å². The molecule has 0 saturated heterocycles. The highest BCUT2D eigenvalue weighted by Crippen LogP contribution is 2.29. The minimum atomic E-state index is 0.586. The van der Waals surface area contributed by atoms with Crippen molar-refractivity contribution in [3.8, 4) is 11.3 Å². The lowest BCUT2D eigenvalue weighted by atomic mass is 10.0. The van der Waals surface area contributed by atoms with Crippen molar-refractivity contribution in [1.82, 2.24) is 9.78 Å². The highest BCUT2D eigenvalue weighted by atomic mass is 79.9. The first-order valence-corrected chi connectivity index (χ1v) is 5.68. The molecule has 2 aromatic rings. The predicted octanol–water partition coefficient (Wildman–Crippen LogP) is 2.97. The first-order valence-electron chi connectivity index (χ1n) is 4.89. The lowest BCUT2D eigenvalue weighted by Crippen LogP contribution is -1.96. The van der Waals surface area contributed by atoms with Gasteiger partial charge in [-0.1, -0.05) is 24.3 Å². The Morgan fingerprint density at radius 1 is 1.38 bits per heavy atom. The smallest absolute Gasteiger partial charge is 0.155 e. The zero-order valence-corrected chi connectivity index (χ0v) is 10.7. The van der Waals surface area contributed by atoms with Crippen LogP contribution in [0.25, 0.3) is 11.3 Å². The molecule has 0 fully saturated rings. The molecule has 0 radical (unpaired) electrons. The van der Waals surface area contributed by atoms with Gasteiger partial charge in [-0.3, -0.25) is 9.48 Å². The molecule has 0 saturated carbocycles. The summed E-state index contributed by atoms with van der Waals surface area (Å²) in [6.45, 7) is 2.02. The molecule has 4 heteroatoms. The molecular formula is C12H11BrN2O. The molecule has 82 valence electrons. The van der Waals surface area contributed by atoms with E-state index in [4.69, 9.17) is 0 Å². The molecule has 0 aliphatic heterocycles. The standard InChI is InChI=1S/C12H11BrN2O/c1-8-5-3-4-6-9(8)11-10(7-16)12(13)14-15(11)2/h3-7H,1-2H3. The highest BCUT2D eigenvalue weighted by Gasteiger charge is 2.16. The van der Waals surface area contributed by atoms with E-state index in [0.717, 1.165) is 23.1 Å². The molecule has 3 nitrogen and oxygen atoms in total. The van der Waals surface area contributed by atoms with Crippen molar-refractivity contribution in [3.63, 3.8) is 0 Å². The van der Waals surface area contributed by atoms with Gasteiger partial charge < -0.3 is 0 Å². The van der Waals surface area contributed by atoms with Gasteiger partial charge in [0.2, 0.25) is 0 Å². The van der Waals surface area contributed by atoms with Crippen LogP contribution in [0.3, 0.4) is 0 Å². The van der Waals surface area contributed by atoms with Crippen LogP contribution in [0.2, 0.25) is 0 Å². The zero-order chi connectivity index (χ0) is 11.7. The maximum atomic E-state index is 11.1. The molecule has 1 aromatic carbocycles. The summed E-state index contributed by atoms with van der Waals surface area (Å²) >= 11 is 3.29. The number of hydrogen-bond acceptors (Lipinski definition) is 2. The van der Waals surface area contributed by atoms with Gasteiger partial charge >= 0.3 is 0 Å². The van der Waals surface area contributed by atoms with Gasteiger partial charge in [-0.2, -0.15) is 5.10 Å². The topological polar surface area (TPSA) is 34.9 Å². The Labute approximate surface area is 102 Å². The molecule has 0 bridgehead atoms. The summed E-state index contributed by atoms with van der Waals surface area (Å²) in [6.07, 6.45) is 0.832. The van der Waals surface area contributed by atoms with Crippen molar-refractivity contribution in [3.05, 3.63) is 40.0 Å². The monoisotopic (exact) mass is 278 g/mol. The SMILES string of the molecule is Cc1ccccc1-c1c(C=O)c(Br)nn1C. The first kappa shape index (κ1) is 11.1. The summed E-state index contributed by atoms with van der Waals surface area (Å²) < 4.78 is 2.30. The maximum absolute atomic E-state index is 11.1. The molecule has 0 aliphatic rings. The number of carbonyl (C=O) groups excluding carboxylic acids is 1. The van der Waals surface area contributed by atoms with Crippen LogP contribution in [0.15, 0.2) is 28.9 Å². The maximum Gasteiger partial charge on any atom is 0.155 e. The van der Waals surface area contributed by atoms with E-state index in [1.54, 1.807) is 4.68 Å². The summed E-state index contributed by atoms with van der Waals surface area (Å²) in [5, 5.41) is 4.20. The van der Waals surface area contributed by atoms with E-state index >= 15 is 0 Å². The molecule has 1 aromatic heterocycles. The van der Waals surface area contributed by atoms with E-state index in [1.165, 1.54) is 0 Å². The minimum Gasteiger partial charge on any atom is -0.298 e. The van der Waals surface area contributed by atoms with Gasteiger partial charge in [0.25, 0.3) is 0 Å². The van der Waals surface area contributed by atoms with Gasteiger partial charge in [-0.05, 0) is 28.4 Å².